The summed E-state index contributed by atoms with van der Waals surface area (Å²) in [6.45, 7) is 2.94. The monoisotopic (exact) mass is 447 g/mol. The molecule has 32 heavy (non-hydrogen) atoms. The molecule has 1 fully saturated rings. The molecule has 1 aromatic carbocycles. The Balaban J connectivity index is 1.58. The summed E-state index contributed by atoms with van der Waals surface area (Å²) in [7, 11) is 0. The van der Waals surface area contributed by atoms with Gasteiger partial charge in [-0.1, -0.05) is 0 Å². The first-order chi connectivity index (χ1) is 15.2. The van der Waals surface area contributed by atoms with Crippen LogP contribution in [0.2, 0.25) is 0 Å². The first-order valence-corrected chi connectivity index (χ1v) is 9.80. The Labute approximate surface area is 181 Å². The molecule has 0 saturated carbocycles. The van der Waals surface area contributed by atoms with Crippen molar-refractivity contribution >= 4 is 17.4 Å². The summed E-state index contributed by atoms with van der Waals surface area (Å²) in [4.78, 5) is 19.2. The number of pyridine rings is 1. The van der Waals surface area contributed by atoms with Crippen LogP contribution in [-0.4, -0.2) is 51.8 Å². The minimum Gasteiger partial charge on any atom is -0.406 e. The van der Waals surface area contributed by atoms with Crippen molar-refractivity contribution in [3.8, 4) is 17.0 Å². The molecular formula is C21H20F3N5O3. The SMILES string of the molecule is Cc1cn[nH]c1-c1cc(C(=O)Nc2ccc(OC(F)(F)F)cc2)cnc1N1CC[C@@H](O)C1. The Bertz CT molecular complexity index is 1110. The van der Waals surface area contributed by atoms with Crippen LogP contribution in [0.15, 0.2) is 42.7 Å². The number of aromatic nitrogens is 3. The highest BCUT2D eigenvalue weighted by Gasteiger charge is 2.31. The molecule has 168 valence electrons. The topological polar surface area (TPSA) is 103 Å². The quantitative estimate of drug-likeness (QED) is 0.553. The summed E-state index contributed by atoms with van der Waals surface area (Å²) in [5.74, 6) is -0.237. The zero-order chi connectivity index (χ0) is 22.9. The smallest absolute Gasteiger partial charge is 0.406 e. The summed E-state index contributed by atoms with van der Waals surface area (Å²) in [6, 6.07) is 6.52. The number of aryl methyl sites for hydroxylation is 1. The number of aliphatic hydroxyl groups is 1. The van der Waals surface area contributed by atoms with Crippen LogP contribution >= 0.6 is 0 Å². The van der Waals surface area contributed by atoms with Crippen molar-refractivity contribution in [2.45, 2.75) is 25.8 Å². The van der Waals surface area contributed by atoms with E-state index in [0.29, 0.717) is 42.3 Å². The number of H-pyrrole nitrogens is 1. The number of amides is 1. The third-order valence-corrected chi connectivity index (χ3v) is 5.04. The van der Waals surface area contributed by atoms with Crippen molar-refractivity contribution in [3.05, 3.63) is 53.9 Å². The lowest BCUT2D eigenvalue weighted by molar-refractivity contribution is -0.274. The van der Waals surface area contributed by atoms with Gasteiger partial charge in [-0.3, -0.25) is 9.89 Å². The number of nitrogens with one attached hydrogen (secondary N) is 2. The molecule has 8 nitrogen and oxygen atoms in total. The number of carbonyl (C=O) groups is 1. The minimum absolute atomic E-state index is 0.258. The van der Waals surface area contributed by atoms with E-state index in [1.54, 1.807) is 12.3 Å². The van der Waals surface area contributed by atoms with Gasteiger partial charge in [0.1, 0.15) is 11.6 Å². The summed E-state index contributed by atoms with van der Waals surface area (Å²) in [5.41, 5.74) is 2.79. The fourth-order valence-corrected chi connectivity index (χ4v) is 3.51. The first kappa shape index (κ1) is 21.6. The molecule has 3 N–H and O–H groups in total. The van der Waals surface area contributed by atoms with Crippen LogP contribution in [0.1, 0.15) is 22.3 Å². The standard InChI is InChI=1S/C21H20F3N5O3/c1-12-9-26-28-18(12)17-8-13(10-25-19(17)29-7-6-15(30)11-29)20(31)27-14-2-4-16(5-3-14)32-21(22,23)24/h2-5,8-10,15,30H,6-7,11H2,1H3,(H,26,28)(H,27,31)/t15-/m1/s1. The van der Waals surface area contributed by atoms with Crippen molar-refractivity contribution in [1.82, 2.24) is 15.2 Å². The molecule has 0 spiro atoms. The molecule has 2 aromatic heterocycles. The number of hydrogen-bond donors (Lipinski definition) is 3. The van der Waals surface area contributed by atoms with E-state index in [1.807, 2.05) is 11.8 Å². The van der Waals surface area contributed by atoms with Crippen LogP contribution in [0.5, 0.6) is 5.75 Å². The van der Waals surface area contributed by atoms with Gasteiger partial charge in [0.05, 0.1) is 23.6 Å². The lowest BCUT2D eigenvalue weighted by atomic mass is 10.1. The molecule has 3 heterocycles. The van der Waals surface area contributed by atoms with Crippen LogP contribution in [0.3, 0.4) is 0 Å². The number of halogens is 3. The predicted octanol–water partition coefficient (Wildman–Crippen LogP) is 3.50. The summed E-state index contributed by atoms with van der Waals surface area (Å²) >= 11 is 0. The maximum Gasteiger partial charge on any atom is 0.573 e. The van der Waals surface area contributed by atoms with Gasteiger partial charge in [-0.25, -0.2) is 4.98 Å². The molecule has 1 atom stereocenters. The van der Waals surface area contributed by atoms with Crippen molar-refractivity contribution in [2.75, 3.05) is 23.3 Å². The second kappa shape index (κ2) is 8.50. The molecule has 1 amide bonds. The third-order valence-electron chi connectivity index (χ3n) is 5.04. The van der Waals surface area contributed by atoms with E-state index >= 15 is 0 Å². The highest BCUT2D eigenvalue weighted by Crippen LogP contribution is 2.33. The number of β-amino-alcohol motifs (C(OH)–C–C–N with tert-alkyl or cyclic N) is 1. The van der Waals surface area contributed by atoms with Crippen LogP contribution in [0.25, 0.3) is 11.3 Å². The van der Waals surface area contributed by atoms with Gasteiger partial charge in [-0.05, 0) is 49.2 Å². The molecule has 1 aliphatic heterocycles. The van der Waals surface area contributed by atoms with E-state index in [0.717, 1.165) is 17.7 Å². The van der Waals surface area contributed by atoms with Gasteiger partial charge in [-0.15, -0.1) is 13.2 Å². The number of rotatable bonds is 5. The molecule has 0 aliphatic carbocycles. The molecule has 0 radical (unpaired) electrons. The third kappa shape index (κ3) is 4.83. The van der Waals surface area contributed by atoms with Crippen LogP contribution in [-0.2, 0) is 0 Å². The molecular weight excluding hydrogens is 427 g/mol. The fourth-order valence-electron chi connectivity index (χ4n) is 3.51. The summed E-state index contributed by atoms with van der Waals surface area (Å²) < 4.78 is 40.7. The number of nitrogens with zero attached hydrogens (tertiary/aromatic N) is 3. The number of ether oxygens (including phenoxy) is 1. The molecule has 1 saturated heterocycles. The lowest BCUT2D eigenvalue weighted by Gasteiger charge is -2.20. The van der Waals surface area contributed by atoms with E-state index in [9.17, 15) is 23.1 Å². The van der Waals surface area contributed by atoms with E-state index in [2.05, 4.69) is 25.2 Å². The Morgan fingerprint density at radius 1 is 1.28 bits per heavy atom. The largest absolute Gasteiger partial charge is 0.573 e. The minimum atomic E-state index is -4.79. The summed E-state index contributed by atoms with van der Waals surface area (Å²) in [5, 5.41) is 19.5. The Hall–Kier alpha value is -3.60. The van der Waals surface area contributed by atoms with Gasteiger partial charge in [-0.2, -0.15) is 5.10 Å². The van der Waals surface area contributed by atoms with E-state index in [1.165, 1.54) is 18.3 Å². The van der Waals surface area contributed by atoms with Gasteiger partial charge < -0.3 is 20.1 Å². The predicted molar refractivity (Wildman–Crippen MR) is 110 cm³/mol. The average Bonchev–Trinajstić information content (AvgIpc) is 3.36. The second-order valence-corrected chi connectivity index (χ2v) is 7.44. The molecule has 0 bridgehead atoms. The highest BCUT2D eigenvalue weighted by atomic mass is 19.4. The average molecular weight is 447 g/mol. The lowest BCUT2D eigenvalue weighted by Crippen LogP contribution is -2.23. The van der Waals surface area contributed by atoms with Crippen molar-refractivity contribution < 1.29 is 27.8 Å². The molecule has 1 aliphatic rings. The zero-order valence-corrected chi connectivity index (χ0v) is 17.0. The zero-order valence-electron chi connectivity index (χ0n) is 17.0. The Kier molecular flexibility index (Phi) is 5.74. The van der Waals surface area contributed by atoms with E-state index in [4.69, 9.17) is 0 Å². The molecule has 11 heteroatoms. The number of hydrogen-bond acceptors (Lipinski definition) is 6. The van der Waals surface area contributed by atoms with Crippen LogP contribution < -0.4 is 15.0 Å². The normalized spacial score (nSPS) is 16.3. The highest BCUT2D eigenvalue weighted by molar-refractivity contribution is 6.05. The van der Waals surface area contributed by atoms with Gasteiger partial charge in [0.15, 0.2) is 0 Å². The van der Waals surface area contributed by atoms with Gasteiger partial charge >= 0.3 is 6.36 Å². The van der Waals surface area contributed by atoms with Crippen LogP contribution in [0, 0.1) is 6.92 Å². The maximum absolute atomic E-state index is 12.8. The number of benzene rings is 1. The number of aliphatic hydroxyl groups excluding tert-OH is 1. The number of aromatic amines is 1. The summed E-state index contributed by atoms with van der Waals surface area (Å²) in [6.07, 6.45) is -1.52. The van der Waals surface area contributed by atoms with Gasteiger partial charge in [0.25, 0.3) is 5.91 Å². The van der Waals surface area contributed by atoms with Crippen molar-refractivity contribution in [2.24, 2.45) is 0 Å². The van der Waals surface area contributed by atoms with Gasteiger partial charge in [0, 0.05) is 30.5 Å². The molecule has 3 aromatic rings. The Morgan fingerprint density at radius 2 is 2.03 bits per heavy atom. The van der Waals surface area contributed by atoms with Gasteiger partial charge in [0.2, 0.25) is 0 Å². The second-order valence-electron chi connectivity index (χ2n) is 7.44. The molecule has 0 unspecified atom stereocenters. The van der Waals surface area contributed by atoms with Crippen molar-refractivity contribution in [1.29, 1.82) is 0 Å². The number of carbonyl (C=O) groups excluding carboxylic acids is 1. The first-order valence-electron chi connectivity index (χ1n) is 9.80. The molecule has 4 rings (SSSR count). The number of alkyl halides is 3. The fraction of sp³-hybridized carbons (Fsp3) is 0.286. The Morgan fingerprint density at radius 3 is 2.62 bits per heavy atom. The maximum atomic E-state index is 12.8. The van der Waals surface area contributed by atoms with Crippen LogP contribution in [0.4, 0.5) is 24.7 Å². The van der Waals surface area contributed by atoms with Crippen molar-refractivity contribution in [3.63, 3.8) is 0 Å². The number of anilines is 2. The van der Waals surface area contributed by atoms with E-state index in [-0.39, 0.29) is 11.3 Å². The van der Waals surface area contributed by atoms with E-state index < -0.39 is 18.4 Å².